The lowest BCUT2D eigenvalue weighted by molar-refractivity contribution is -0.122. The van der Waals surface area contributed by atoms with E-state index in [1.54, 1.807) is 7.11 Å². The lowest BCUT2D eigenvalue weighted by Gasteiger charge is -2.44. The zero-order chi connectivity index (χ0) is 26.2. The number of fused-ring (bicyclic) bond motifs is 1. The number of nitrogens with two attached hydrogens (primary N) is 1. The number of methoxy groups -OCH3 is 1. The standard InChI is InChI=1S/C34H28N2O2/c1-38-29-21-13-20-28(24-29)33(35)30-22-11-12-23-31(30)36(32(33)37)34(25-14-5-2-6-15-25,26-16-7-3-8-17-26)27-18-9-4-10-19-27/h2-24H,35H2,1H3. The first-order valence-electron chi connectivity index (χ1n) is 12.7. The van der Waals surface area contributed by atoms with Gasteiger partial charge in [0.15, 0.2) is 0 Å². The van der Waals surface area contributed by atoms with Gasteiger partial charge in [0.05, 0.1) is 12.8 Å². The number of amides is 1. The van der Waals surface area contributed by atoms with Crippen molar-refractivity contribution in [3.8, 4) is 5.75 Å². The first-order valence-corrected chi connectivity index (χ1v) is 12.7. The van der Waals surface area contributed by atoms with Crippen molar-refractivity contribution < 1.29 is 9.53 Å². The van der Waals surface area contributed by atoms with Crippen molar-refractivity contribution in [2.45, 2.75) is 11.1 Å². The molecule has 0 saturated heterocycles. The summed E-state index contributed by atoms with van der Waals surface area (Å²) in [5.74, 6) is 0.444. The summed E-state index contributed by atoms with van der Waals surface area (Å²) < 4.78 is 5.50. The summed E-state index contributed by atoms with van der Waals surface area (Å²) >= 11 is 0. The Morgan fingerprint density at radius 1 is 0.658 bits per heavy atom. The molecule has 38 heavy (non-hydrogen) atoms. The number of para-hydroxylation sites is 1. The number of benzene rings is 5. The summed E-state index contributed by atoms with van der Waals surface area (Å²) in [5.41, 5.74) is 9.97. The smallest absolute Gasteiger partial charge is 0.257 e. The van der Waals surface area contributed by atoms with Gasteiger partial charge >= 0.3 is 0 Å². The second kappa shape index (κ2) is 9.33. The first kappa shape index (κ1) is 23.7. The van der Waals surface area contributed by atoms with E-state index in [1.165, 1.54) is 0 Å². The van der Waals surface area contributed by atoms with Crippen molar-refractivity contribution in [1.82, 2.24) is 0 Å². The van der Waals surface area contributed by atoms with Gasteiger partial charge in [-0.05, 0) is 40.5 Å². The van der Waals surface area contributed by atoms with Gasteiger partial charge in [-0.2, -0.15) is 0 Å². The van der Waals surface area contributed by atoms with E-state index >= 15 is 4.79 Å². The molecule has 5 aromatic rings. The topological polar surface area (TPSA) is 55.6 Å². The van der Waals surface area contributed by atoms with Crippen LogP contribution in [-0.2, 0) is 15.9 Å². The van der Waals surface area contributed by atoms with Gasteiger partial charge in [0.1, 0.15) is 16.8 Å². The van der Waals surface area contributed by atoms with Gasteiger partial charge in [0, 0.05) is 5.56 Å². The fraction of sp³-hybridized carbons (Fsp3) is 0.0882. The van der Waals surface area contributed by atoms with E-state index < -0.39 is 11.1 Å². The Morgan fingerprint density at radius 2 is 1.16 bits per heavy atom. The number of carbonyl (C=O) groups is 1. The molecule has 1 amide bonds. The highest BCUT2D eigenvalue weighted by Gasteiger charge is 2.57. The van der Waals surface area contributed by atoms with Crippen LogP contribution in [0.15, 0.2) is 140 Å². The van der Waals surface area contributed by atoms with Crippen LogP contribution in [0.2, 0.25) is 0 Å². The summed E-state index contributed by atoms with van der Waals surface area (Å²) in [6.07, 6.45) is 0. The Balaban J connectivity index is 1.72. The van der Waals surface area contributed by atoms with Gasteiger partial charge < -0.3 is 10.5 Å². The molecule has 0 saturated carbocycles. The Labute approximate surface area is 222 Å². The Hall–Kier alpha value is -4.67. The molecule has 0 aliphatic carbocycles. The predicted octanol–water partition coefficient (Wildman–Crippen LogP) is 6.24. The predicted molar refractivity (Wildman–Crippen MR) is 151 cm³/mol. The average Bonchev–Trinajstić information content (AvgIpc) is 3.23. The van der Waals surface area contributed by atoms with Crippen LogP contribution in [-0.4, -0.2) is 13.0 Å². The maximum atomic E-state index is 15.0. The fourth-order valence-corrected chi connectivity index (χ4v) is 5.81. The lowest BCUT2D eigenvalue weighted by atomic mass is 9.75. The second-order valence-electron chi connectivity index (χ2n) is 9.51. The molecule has 0 aromatic heterocycles. The number of hydrogen-bond acceptors (Lipinski definition) is 3. The molecule has 0 spiro atoms. The Morgan fingerprint density at radius 3 is 1.68 bits per heavy atom. The number of rotatable bonds is 6. The highest BCUT2D eigenvalue weighted by atomic mass is 16.5. The summed E-state index contributed by atoms with van der Waals surface area (Å²) in [7, 11) is 1.62. The maximum Gasteiger partial charge on any atom is 0.257 e. The van der Waals surface area contributed by atoms with Crippen LogP contribution in [0.25, 0.3) is 0 Å². The number of ether oxygens (including phenoxy) is 1. The molecular formula is C34H28N2O2. The third kappa shape index (κ3) is 3.38. The van der Waals surface area contributed by atoms with E-state index in [4.69, 9.17) is 10.5 Å². The molecule has 1 atom stereocenters. The van der Waals surface area contributed by atoms with E-state index in [-0.39, 0.29) is 5.91 Å². The third-order valence-corrected chi connectivity index (χ3v) is 7.55. The monoisotopic (exact) mass is 496 g/mol. The zero-order valence-corrected chi connectivity index (χ0v) is 21.1. The maximum absolute atomic E-state index is 15.0. The van der Waals surface area contributed by atoms with Crippen molar-refractivity contribution in [1.29, 1.82) is 0 Å². The van der Waals surface area contributed by atoms with E-state index in [0.29, 0.717) is 11.3 Å². The second-order valence-corrected chi connectivity index (χ2v) is 9.51. The Kier molecular flexibility index (Phi) is 5.82. The quantitative estimate of drug-likeness (QED) is 0.283. The van der Waals surface area contributed by atoms with Gasteiger partial charge in [0.2, 0.25) is 0 Å². The van der Waals surface area contributed by atoms with Gasteiger partial charge in [-0.3, -0.25) is 9.69 Å². The summed E-state index contributed by atoms with van der Waals surface area (Å²) in [6.45, 7) is 0. The minimum atomic E-state index is -1.41. The highest BCUT2D eigenvalue weighted by Crippen LogP contribution is 2.53. The molecule has 6 rings (SSSR count). The minimum Gasteiger partial charge on any atom is -0.497 e. The molecule has 4 heteroatoms. The van der Waals surface area contributed by atoms with Crippen LogP contribution in [0, 0.1) is 0 Å². The van der Waals surface area contributed by atoms with E-state index in [1.807, 2.05) is 108 Å². The van der Waals surface area contributed by atoms with Crippen LogP contribution in [0.5, 0.6) is 5.75 Å². The van der Waals surface area contributed by atoms with E-state index in [2.05, 4.69) is 36.4 Å². The van der Waals surface area contributed by atoms with Crippen LogP contribution in [0.3, 0.4) is 0 Å². The molecule has 4 nitrogen and oxygen atoms in total. The number of anilines is 1. The van der Waals surface area contributed by atoms with Crippen LogP contribution >= 0.6 is 0 Å². The van der Waals surface area contributed by atoms with Crippen LogP contribution in [0.1, 0.15) is 27.8 Å². The van der Waals surface area contributed by atoms with Gasteiger partial charge in [-0.15, -0.1) is 0 Å². The van der Waals surface area contributed by atoms with Crippen molar-refractivity contribution in [3.05, 3.63) is 167 Å². The molecule has 0 radical (unpaired) electrons. The van der Waals surface area contributed by atoms with Crippen molar-refractivity contribution in [2.75, 3.05) is 12.0 Å². The molecule has 0 bridgehead atoms. The third-order valence-electron chi connectivity index (χ3n) is 7.55. The van der Waals surface area contributed by atoms with Crippen molar-refractivity contribution >= 4 is 11.6 Å². The van der Waals surface area contributed by atoms with Crippen molar-refractivity contribution in [3.63, 3.8) is 0 Å². The molecule has 0 fully saturated rings. The van der Waals surface area contributed by atoms with Crippen LogP contribution < -0.4 is 15.4 Å². The lowest BCUT2D eigenvalue weighted by Crippen LogP contribution is -2.56. The molecule has 186 valence electrons. The molecule has 2 N–H and O–H groups in total. The average molecular weight is 497 g/mol. The largest absolute Gasteiger partial charge is 0.497 e. The molecule has 1 aliphatic rings. The fourth-order valence-electron chi connectivity index (χ4n) is 5.81. The molecule has 1 unspecified atom stereocenters. The SMILES string of the molecule is COc1cccc(C2(N)C(=O)N(C(c3ccccc3)(c3ccccc3)c3ccccc3)c3ccccc32)c1. The van der Waals surface area contributed by atoms with E-state index in [0.717, 1.165) is 27.9 Å². The molecule has 1 aliphatic heterocycles. The van der Waals surface area contributed by atoms with Gasteiger partial charge in [-0.1, -0.05) is 121 Å². The van der Waals surface area contributed by atoms with Gasteiger partial charge in [-0.25, -0.2) is 0 Å². The highest BCUT2D eigenvalue weighted by molar-refractivity contribution is 6.12. The number of hydrogen-bond donors (Lipinski definition) is 1. The van der Waals surface area contributed by atoms with E-state index in [9.17, 15) is 0 Å². The molecule has 1 heterocycles. The Bertz CT molecular complexity index is 1490. The minimum absolute atomic E-state index is 0.205. The summed E-state index contributed by atoms with van der Waals surface area (Å²) in [5, 5.41) is 0. The number of carbonyl (C=O) groups excluding carboxylic acids is 1. The van der Waals surface area contributed by atoms with Crippen LogP contribution in [0.4, 0.5) is 5.69 Å². The molecule has 5 aromatic carbocycles. The zero-order valence-electron chi connectivity index (χ0n) is 21.1. The molecular weight excluding hydrogens is 468 g/mol. The summed E-state index contributed by atoms with van der Waals surface area (Å²) in [6, 6.07) is 45.9. The van der Waals surface area contributed by atoms with Gasteiger partial charge in [0.25, 0.3) is 5.91 Å². The first-order chi connectivity index (χ1) is 18.6. The summed E-state index contributed by atoms with van der Waals surface area (Å²) in [4.78, 5) is 16.9. The van der Waals surface area contributed by atoms with Crippen molar-refractivity contribution in [2.24, 2.45) is 5.73 Å². The number of nitrogens with zero attached hydrogens (tertiary/aromatic N) is 1. The normalized spacial score (nSPS) is 16.8.